The summed E-state index contributed by atoms with van der Waals surface area (Å²) in [5.74, 6) is 0.814. The van der Waals surface area contributed by atoms with Gasteiger partial charge >= 0.3 is 0 Å². The summed E-state index contributed by atoms with van der Waals surface area (Å²) in [4.78, 5) is 19.0. The Kier molecular flexibility index (Phi) is 4.56. The highest BCUT2D eigenvalue weighted by Crippen LogP contribution is 2.22. The van der Waals surface area contributed by atoms with Crippen LogP contribution in [0.4, 0.5) is 5.82 Å². The van der Waals surface area contributed by atoms with Gasteiger partial charge in [0.1, 0.15) is 5.82 Å². The van der Waals surface area contributed by atoms with Gasteiger partial charge in [-0.05, 0) is 32.9 Å². The molecule has 0 atom stereocenters. The molecule has 20 heavy (non-hydrogen) atoms. The Morgan fingerprint density at radius 3 is 2.55 bits per heavy atom. The summed E-state index contributed by atoms with van der Waals surface area (Å²) in [6.45, 7) is 8.21. The fraction of sp³-hybridized carbons (Fsp3) is 0.375. The van der Waals surface area contributed by atoms with Crippen molar-refractivity contribution >= 4 is 22.6 Å². The Morgan fingerprint density at radius 1 is 1.20 bits per heavy atom. The van der Waals surface area contributed by atoms with E-state index in [1.807, 2.05) is 56.0 Å². The molecule has 0 aliphatic carbocycles. The van der Waals surface area contributed by atoms with Gasteiger partial charge in [0.25, 0.3) is 5.91 Å². The van der Waals surface area contributed by atoms with Crippen molar-refractivity contribution in [1.29, 1.82) is 0 Å². The quantitative estimate of drug-likeness (QED) is 0.908. The summed E-state index contributed by atoms with van der Waals surface area (Å²) in [5, 5.41) is 4.10. The van der Waals surface area contributed by atoms with Crippen molar-refractivity contribution in [3.05, 3.63) is 35.9 Å². The number of anilines is 1. The lowest BCUT2D eigenvalue weighted by Crippen LogP contribution is -2.30. The minimum absolute atomic E-state index is 0.0627. The van der Waals surface area contributed by atoms with Gasteiger partial charge in [-0.3, -0.25) is 4.79 Å². The number of hydrogen-bond acceptors (Lipinski definition) is 3. The molecule has 106 valence electrons. The monoisotopic (exact) mass is 271 g/mol. The predicted octanol–water partition coefficient (Wildman–Crippen LogP) is 3.15. The molecule has 0 spiro atoms. The molecule has 0 unspecified atom stereocenters. The number of benzene rings is 1. The molecule has 0 fully saturated rings. The zero-order valence-corrected chi connectivity index (χ0v) is 12.3. The lowest BCUT2D eigenvalue weighted by atomic mass is 10.1. The lowest BCUT2D eigenvalue weighted by molar-refractivity contribution is 0.0775. The first kappa shape index (κ1) is 14.3. The van der Waals surface area contributed by atoms with Gasteiger partial charge in [0.2, 0.25) is 0 Å². The van der Waals surface area contributed by atoms with E-state index in [2.05, 4.69) is 10.3 Å². The molecule has 4 heteroatoms. The van der Waals surface area contributed by atoms with Crippen molar-refractivity contribution in [2.45, 2.75) is 20.8 Å². The van der Waals surface area contributed by atoms with Gasteiger partial charge in [0.05, 0.1) is 11.1 Å². The number of aromatic nitrogens is 1. The molecule has 0 aliphatic rings. The van der Waals surface area contributed by atoms with Crippen LogP contribution in [-0.2, 0) is 0 Å². The summed E-state index contributed by atoms with van der Waals surface area (Å²) in [6, 6.07) is 9.63. The standard InChI is InChI=1S/C16H21N3O/c1-4-17-15-11-13(16(20)19(5-2)6-3)12-9-7-8-10-14(12)18-15/h7-11H,4-6H2,1-3H3,(H,17,18). The number of rotatable bonds is 5. The van der Waals surface area contributed by atoms with Crippen LogP contribution in [0.3, 0.4) is 0 Å². The largest absolute Gasteiger partial charge is 0.370 e. The van der Waals surface area contributed by atoms with Crippen LogP contribution in [0.25, 0.3) is 10.9 Å². The lowest BCUT2D eigenvalue weighted by Gasteiger charge is -2.20. The third kappa shape index (κ3) is 2.74. The molecule has 1 aromatic heterocycles. The Bertz CT molecular complexity index is 606. The Morgan fingerprint density at radius 2 is 1.90 bits per heavy atom. The Hall–Kier alpha value is -2.10. The highest BCUT2D eigenvalue weighted by molar-refractivity contribution is 6.06. The first-order valence-electron chi connectivity index (χ1n) is 7.14. The second kappa shape index (κ2) is 6.37. The molecular weight excluding hydrogens is 250 g/mol. The van der Waals surface area contributed by atoms with Gasteiger partial charge < -0.3 is 10.2 Å². The molecule has 2 aromatic rings. The van der Waals surface area contributed by atoms with Crippen molar-refractivity contribution in [3.63, 3.8) is 0 Å². The molecule has 1 heterocycles. The molecule has 0 bridgehead atoms. The topological polar surface area (TPSA) is 45.2 Å². The number of nitrogens with one attached hydrogen (secondary N) is 1. The molecule has 0 aliphatic heterocycles. The highest BCUT2D eigenvalue weighted by atomic mass is 16.2. The van der Waals surface area contributed by atoms with E-state index >= 15 is 0 Å². The fourth-order valence-electron chi connectivity index (χ4n) is 2.31. The van der Waals surface area contributed by atoms with Crippen molar-refractivity contribution < 1.29 is 4.79 Å². The summed E-state index contributed by atoms with van der Waals surface area (Å²) in [6.07, 6.45) is 0. The summed E-state index contributed by atoms with van der Waals surface area (Å²) >= 11 is 0. The van der Waals surface area contributed by atoms with Crippen LogP contribution >= 0.6 is 0 Å². The first-order chi connectivity index (χ1) is 9.71. The number of para-hydroxylation sites is 1. The molecule has 0 radical (unpaired) electrons. The number of amides is 1. The van der Waals surface area contributed by atoms with Crippen LogP contribution < -0.4 is 5.32 Å². The van der Waals surface area contributed by atoms with E-state index in [4.69, 9.17) is 0 Å². The second-order valence-electron chi connectivity index (χ2n) is 4.58. The molecule has 0 saturated heterocycles. The van der Waals surface area contributed by atoms with Crippen molar-refractivity contribution in [2.75, 3.05) is 25.0 Å². The molecule has 2 rings (SSSR count). The fourth-order valence-corrected chi connectivity index (χ4v) is 2.31. The molecular formula is C16H21N3O. The average Bonchev–Trinajstić information content (AvgIpc) is 2.48. The number of carbonyl (C=O) groups is 1. The predicted molar refractivity (Wildman–Crippen MR) is 83.2 cm³/mol. The zero-order valence-electron chi connectivity index (χ0n) is 12.3. The van der Waals surface area contributed by atoms with Crippen molar-refractivity contribution in [1.82, 2.24) is 9.88 Å². The van der Waals surface area contributed by atoms with E-state index in [0.717, 1.165) is 28.8 Å². The van der Waals surface area contributed by atoms with E-state index in [1.165, 1.54) is 0 Å². The van der Waals surface area contributed by atoms with E-state index in [-0.39, 0.29) is 5.91 Å². The first-order valence-corrected chi connectivity index (χ1v) is 7.14. The molecule has 1 amide bonds. The summed E-state index contributed by atoms with van der Waals surface area (Å²) in [5.41, 5.74) is 1.57. The third-order valence-electron chi connectivity index (χ3n) is 3.36. The Balaban J connectivity index is 2.57. The Labute approximate surface area is 119 Å². The minimum atomic E-state index is 0.0627. The van der Waals surface area contributed by atoms with Crippen LogP contribution in [0.2, 0.25) is 0 Å². The minimum Gasteiger partial charge on any atom is -0.370 e. The maximum absolute atomic E-state index is 12.6. The molecule has 1 N–H and O–H groups in total. The maximum atomic E-state index is 12.6. The summed E-state index contributed by atoms with van der Waals surface area (Å²) in [7, 11) is 0. The van der Waals surface area contributed by atoms with Crippen LogP contribution in [0.5, 0.6) is 0 Å². The van der Waals surface area contributed by atoms with Gasteiger partial charge in [-0.15, -0.1) is 0 Å². The maximum Gasteiger partial charge on any atom is 0.254 e. The van der Waals surface area contributed by atoms with Crippen LogP contribution in [0, 0.1) is 0 Å². The van der Waals surface area contributed by atoms with Gasteiger partial charge in [-0.2, -0.15) is 0 Å². The SMILES string of the molecule is CCNc1cc(C(=O)N(CC)CC)c2ccccc2n1. The average molecular weight is 271 g/mol. The van der Waals surface area contributed by atoms with E-state index in [1.54, 1.807) is 0 Å². The van der Waals surface area contributed by atoms with E-state index < -0.39 is 0 Å². The molecule has 0 saturated carbocycles. The van der Waals surface area contributed by atoms with Crippen LogP contribution in [0.15, 0.2) is 30.3 Å². The number of carbonyl (C=O) groups excluding carboxylic acids is 1. The number of nitrogens with zero attached hydrogens (tertiary/aromatic N) is 2. The molecule has 1 aromatic carbocycles. The summed E-state index contributed by atoms with van der Waals surface area (Å²) < 4.78 is 0. The number of fused-ring (bicyclic) bond motifs is 1. The number of pyridine rings is 1. The van der Waals surface area contributed by atoms with Gasteiger partial charge in [-0.1, -0.05) is 18.2 Å². The zero-order chi connectivity index (χ0) is 14.5. The molecule has 4 nitrogen and oxygen atoms in total. The van der Waals surface area contributed by atoms with Gasteiger partial charge in [0.15, 0.2) is 0 Å². The highest BCUT2D eigenvalue weighted by Gasteiger charge is 2.17. The van der Waals surface area contributed by atoms with Gasteiger partial charge in [0, 0.05) is 25.0 Å². The van der Waals surface area contributed by atoms with E-state index in [9.17, 15) is 4.79 Å². The van der Waals surface area contributed by atoms with Crippen molar-refractivity contribution in [3.8, 4) is 0 Å². The van der Waals surface area contributed by atoms with Crippen molar-refractivity contribution in [2.24, 2.45) is 0 Å². The van der Waals surface area contributed by atoms with Crippen LogP contribution in [0.1, 0.15) is 31.1 Å². The van der Waals surface area contributed by atoms with Crippen LogP contribution in [-0.4, -0.2) is 35.4 Å². The normalized spacial score (nSPS) is 10.6. The second-order valence-corrected chi connectivity index (χ2v) is 4.58. The third-order valence-corrected chi connectivity index (χ3v) is 3.36. The smallest absolute Gasteiger partial charge is 0.254 e. The van der Waals surface area contributed by atoms with E-state index in [0.29, 0.717) is 13.1 Å². The van der Waals surface area contributed by atoms with Gasteiger partial charge in [-0.25, -0.2) is 4.98 Å². The number of hydrogen-bond donors (Lipinski definition) is 1.